The van der Waals surface area contributed by atoms with Gasteiger partial charge in [-0.05, 0) is 55.3 Å². The van der Waals surface area contributed by atoms with Crippen LogP contribution in [0.25, 0.3) is 0 Å². The maximum Gasteiger partial charge on any atom is 0.262 e. The van der Waals surface area contributed by atoms with Gasteiger partial charge < -0.3 is 20.1 Å². The predicted octanol–water partition coefficient (Wildman–Crippen LogP) is 4.73. The Morgan fingerprint density at radius 3 is 2.29 bits per heavy atom. The van der Waals surface area contributed by atoms with E-state index in [1.807, 2.05) is 50.2 Å². The lowest BCUT2D eigenvalue weighted by Crippen LogP contribution is -2.20. The largest absolute Gasteiger partial charge is 0.493 e. The molecule has 31 heavy (non-hydrogen) atoms. The maximum absolute atomic E-state index is 12.2. The van der Waals surface area contributed by atoms with E-state index in [-0.39, 0.29) is 31.4 Å². The second-order valence-electron chi connectivity index (χ2n) is 7.08. The molecule has 2 amide bonds. The fourth-order valence-corrected chi connectivity index (χ4v) is 2.89. The lowest BCUT2D eigenvalue weighted by atomic mass is 10.1. The highest BCUT2D eigenvalue weighted by Gasteiger charge is 2.08. The molecule has 0 fully saturated rings. The molecule has 3 rings (SSSR count). The first-order valence-corrected chi connectivity index (χ1v) is 10.1. The number of para-hydroxylation sites is 1. The average Bonchev–Trinajstić information content (AvgIpc) is 2.76. The van der Waals surface area contributed by atoms with Gasteiger partial charge in [0.25, 0.3) is 5.91 Å². The molecule has 2 N–H and O–H groups in total. The van der Waals surface area contributed by atoms with Crippen LogP contribution in [0, 0.1) is 13.8 Å². The standard InChI is InChI=1S/C25H26N2O4/c1-18-8-6-13-23(19(18)2)30-15-14-24(28)27-21-11-7-12-22(16-21)31-17-25(29)26-20-9-4-3-5-10-20/h3-13,16H,14-15,17H2,1-2H3,(H,26,29)(H,27,28). The Hall–Kier alpha value is -3.80. The molecule has 6 nitrogen and oxygen atoms in total. The highest BCUT2D eigenvalue weighted by molar-refractivity contribution is 5.92. The molecular formula is C25H26N2O4. The molecule has 0 bridgehead atoms. The van der Waals surface area contributed by atoms with Crippen LogP contribution >= 0.6 is 0 Å². The molecule has 0 saturated carbocycles. The topological polar surface area (TPSA) is 76.7 Å². The van der Waals surface area contributed by atoms with E-state index in [4.69, 9.17) is 9.47 Å². The van der Waals surface area contributed by atoms with Gasteiger partial charge in [-0.15, -0.1) is 0 Å². The summed E-state index contributed by atoms with van der Waals surface area (Å²) in [4.78, 5) is 24.2. The van der Waals surface area contributed by atoms with Gasteiger partial charge in [0.2, 0.25) is 5.91 Å². The summed E-state index contributed by atoms with van der Waals surface area (Å²) < 4.78 is 11.3. The summed E-state index contributed by atoms with van der Waals surface area (Å²) in [5.41, 5.74) is 3.53. The number of aryl methyl sites for hydroxylation is 1. The normalized spacial score (nSPS) is 10.3. The van der Waals surface area contributed by atoms with Crippen molar-refractivity contribution in [3.63, 3.8) is 0 Å². The minimum Gasteiger partial charge on any atom is -0.493 e. The molecule has 3 aromatic carbocycles. The summed E-state index contributed by atoms with van der Waals surface area (Å²) in [5, 5.41) is 5.58. The van der Waals surface area contributed by atoms with E-state index in [0.717, 1.165) is 16.9 Å². The van der Waals surface area contributed by atoms with Gasteiger partial charge in [0, 0.05) is 17.4 Å². The Labute approximate surface area is 182 Å². The minimum atomic E-state index is -0.260. The van der Waals surface area contributed by atoms with Crippen molar-refractivity contribution >= 4 is 23.2 Å². The van der Waals surface area contributed by atoms with Crippen LogP contribution in [0.5, 0.6) is 11.5 Å². The molecule has 160 valence electrons. The first kappa shape index (κ1) is 21.9. The number of ether oxygens (including phenoxy) is 2. The molecule has 0 saturated heterocycles. The number of hydrogen-bond acceptors (Lipinski definition) is 4. The molecule has 0 atom stereocenters. The monoisotopic (exact) mass is 418 g/mol. The maximum atomic E-state index is 12.2. The lowest BCUT2D eigenvalue weighted by Gasteiger charge is -2.12. The molecule has 3 aromatic rings. The smallest absolute Gasteiger partial charge is 0.262 e. The molecule has 0 unspecified atom stereocenters. The molecule has 0 aromatic heterocycles. The van der Waals surface area contributed by atoms with Crippen molar-refractivity contribution in [3.8, 4) is 11.5 Å². The number of benzene rings is 3. The fraction of sp³-hybridized carbons (Fsp3) is 0.200. The highest BCUT2D eigenvalue weighted by Crippen LogP contribution is 2.21. The molecule has 0 aliphatic carbocycles. The van der Waals surface area contributed by atoms with Crippen molar-refractivity contribution in [2.24, 2.45) is 0 Å². The van der Waals surface area contributed by atoms with E-state index in [0.29, 0.717) is 17.1 Å². The van der Waals surface area contributed by atoms with E-state index >= 15 is 0 Å². The van der Waals surface area contributed by atoms with Crippen LogP contribution in [0.3, 0.4) is 0 Å². The lowest BCUT2D eigenvalue weighted by molar-refractivity contribution is -0.118. The molecule has 6 heteroatoms. The third kappa shape index (κ3) is 6.89. The molecule has 0 spiro atoms. The van der Waals surface area contributed by atoms with E-state index in [1.54, 1.807) is 36.4 Å². The molecule has 0 aliphatic heterocycles. The van der Waals surface area contributed by atoms with Gasteiger partial charge in [0.15, 0.2) is 6.61 Å². The molecule has 0 radical (unpaired) electrons. The Morgan fingerprint density at radius 2 is 1.48 bits per heavy atom. The van der Waals surface area contributed by atoms with E-state index in [2.05, 4.69) is 10.6 Å². The van der Waals surface area contributed by atoms with Gasteiger partial charge in [-0.2, -0.15) is 0 Å². The Bertz CT molecular complexity index is 1030. The Balaban J connectivity index is 1.44. The van der Waals surface area contributed by atoms with E-state index in [9.17, 15) is 9.59 Å². The Kier molecular flexibility index (Phi) is 7.65. The van der Waals surface area contributed by atoms with Crippen molar-refractivity contribution in [2.45, 2.75) is 20.3 Å². The van der Waals surface area contributed by atoms with Crippen LogP contribution in [0.2, 0.25) is 0 Å². The molecule has 0 aliphatic rings. The van der Waals surface area contributed by atoms with Crippen LogP contribution in [-0.4, -0.2) is 25.0 Å². The second kappa shape index (κ2) is 10.8. The zero-order chi connectivity index (χ0) is 22.1. The SMILES string of the molecule is Cc1cccc(OCCC(=O)Nc2cccc(OCC(=O)Nc3ccccc3)c2)c1C. The van der Waals surface area contributed by atoms with Crippen molar-refractivity contribution in [1.29, 1.82) is 0 Å². The summed E-state index contributed by atoms with van der Waals surface area (Å²) in [6.07, 6.45) is 0.220. The zero-order valence-corrected chi connectivity index (χ0v) is 17.7. The average molecular weight is 418 g/mol. The van der Waals surface area contributed by atoms with Gasteiger partial charge >= 0.3 is 0 Å². The quantitative estimate of drug-likeness (QED) is 0.527. The number of nitrogens with one attached hydrogen (secondary N) is 2. The third-order valence-electron chi connectivity index (χ3n) is 4.69. The Morgan fingerprint density at radius 1 is 0.774 bits per heavy atom. The summed E-state index contributed by atoms with van der Waals surface area (Å²) in [5.74, 6) is 0.859. The number of rotatable bonds is 9. The summed E-state index contributed by atoms with van der Waals surface area (Å²) in [6, 6.07) is 22.0. The van der Waals surface area contributed by atoms with Gasteiger partial charge in [0.05, 0.1) is 13.0 Å². The van der Waals surface area contributed by atoms with Crippen LogP contribution in [0.1, 0.15) is 17.5 Å². The summed E-state index contributed by atoms with van der Waals surface area (Å²) >= 11 is 0. The summed E-state index contributed by atoms with van der Waals surface area (Å²) in [6.45, 7) is 4.17. The predicted molar refractivity (Wildman–Crippen MR) is 122 cm³/mol. The van der Waals surface area contributed by atoms with Crippen molar-refractivity contribution in [3.05, 3.63) is 83.9 Å². The molecule has 0 heterocycles. The first-order chi connectivity index (χ1) is 15.0. The second-order valence-corrected chi connectivity index (χ2v) is 7.08. The van der Waals surface area contributed by atoms with Crippen LogP contribution in [-0.2, 0) is 9.59 Å². The van der Waals surface area contributed by atoms with E-state index in [1.165, 1.54) is 0 Å². The first-order valence-electron chi connectivity index (χ1n) is 10.1. The number of anilines is 2. The van der Waals surface area contributed by atoms with Gasteiger partial charge in [0.1, 0.15) is 11.5 Å². The number of amides is 2. The van der Waals surface area contributed by atoms with Gasteiger partial charge in [-0.1, -0.05) is 36.4 Å². The third-order valence-corrected chi connectivity index (χ3v) is 4.69. The van der Waals surface area contributed by atoms with E-state index < -0.39 is 0 Å². The van der Waals surface area contributed by atoms with Crippen LogP contribution in [0.15, 0.2) is 72.8 Å². The number of hydrogen-bond donors (Lipinski definition) is 2. The van der Waals surface area contributed by atoms with Gasteiger partial charge in [-0.25, -0.2) is 0 Å². The van der Waals surface area contributed by atoms with Crippen LogP contribution in [0.4, 0.5) is 11.4 Å². The number of carbonyl (C=O) groups is 2. The van der Waals surface area contributed by atoms with Gasteiger partial charge in [-0.3, -0.25) is 9.59 Å². The van der Waals surface area contributed by atoms with Crippen LogP contribution < -0.4 is 20.1 Å². The molecular weight excluding hydrogens is 392 g/mol. The fourth-order valence-electron chi connectivity index (χ4n) is 2.89. The highest BCUT2D eigenvalue weighted by atomic mass is 16.5. The van der Waals surface area contributed by atoms with Crippen molar-refractivity contribution < 1.29 is 19.1 Å². The van der Waals surface area contributed by atoms with Crippen molar-refractivity contribution in [2.75, 3.05) is 23.8 Å². The zero-order valence-electron chi connectivity index (χ0n) is 17.7. The van der Waals surface area contributed by atoms with Crippen molar-refractivity contribution in [1.82, 2.24) is 0 Å². The summed E-state index contributed by atoms with van der Waals surface area (Å²) in [7, 11) is 0. The minimum absolute atomic E-state index is 0.129. The number of carbonyl (C=O) groups excluding carboxylic acids is 2.